The van der Waals surface area contributed by atoms with E-state index in [-0.39, 0.29) is 6.54 Å². The molecule has 0 saturated heterocycles. The van der Waals surface area contributed by atoms with Crippen LogP contribution in [0.15, 0.2) is 24.3 Å². The first-order valence-corrected chi connectivity index (χ1v) is 6.14. The lowest BCUT2D eigenvalue weighted by atomic mass is 10.3. The Morgan fingerprint density at radius 3 is 2.65 bits per heavy atom. The van der Waals surface area contributed by atoms with Gasteiger partial charge in [-0.05, 0) is 18.6 Å². The monoisotopic (exact) mass is 290 g/mol. The molecule has 0 aromatic heterocycles. The van der Waals surface area contributed by atoms with Crippen LogP contribution in [-0.2, 0) is 4.79 Å². The highest BCUT2D eigenvalue weighted by atomic mass is 19.4. The maximum atomic E-state index is 12.4. The van der Waals surface area contributed by atoms with E-state index in [1.807, 2.05) is 0 Å². The van der Waals surface area contributed by atoms with Gasteiger partial charge in [0.25, 0.3) is 5.91 Å². The van der Waals surface area contributed by atoms with Crippen molar-refractivity contribution in [2.24, 2.45) is 0 Å². The summed E-state index contributed by atoms with van der Waals surface area (Å²) in [6.07, 6.45) is -3.97. The summed E-state index contributed by atoms with van der Waals surface area (Å²) in [7, 11) is 0. The Labute approximate surface area is 115 Å². The molecule has 0 atom stereocenters. The van der Waals surface area contributed by atoms with Gasteiger partial charge in [0.1, 0.15) is 12.3 Å². The van der Waals surface area contributed by atoms with Crippen LogP contribution in [0.1, 0.15) is 13.3 Å². The summed E-state index contributed by atoms with van der Waals surface area (Å²) in [5.74, 6) is -0.353. The average Bonchev–Trinajstić information content (AvgIpc) is 2.34. The van der Waals surface area contributed by atoms with Crippen LogP contribution < -0.4 is 10.5 Å². The number of rotatable bonds is 6. The zero-order valence-corrected chi connectivity index (χ0v) is 11.1. The number of amides is 1. The van der Waals surface area contributed by atoms with Crippen molar-refractivity contribution in [1.29, 1.82) is 0 Å². The van der Waals surface area contributed by atoms with Crippen molar-refractivity contribution >= 4 is 11.6 Å². The van der Waals surface area contributed by atoms with Crippen molar-refractivity contribution in [2.75, 3.05) is 25.4 Å². The molecule has 7 heteroatoms. The number of halogens is 3. The van der Waals surface area contributed by atoms with Gasteiger partial charge < -0.3 is 15.4 Å². The predicted molar refractivity (Wildman–Crippen MR) is 69.3 cm³/mol. The number of ether oxygens (including phenoxy) is 1. The van der Waals surface area contributed by atoms with E-state index >= 15 is 0 Å². The minimum Gasteiger partial charge on any atom is -0.484 e. The molecule has 0 heterocycles. The van der Waals surface area contributed by atoms with Crippen LogP contribution in [0.4, 0.5) is 18.9 Å². The molecule has 2 N–H and O–H groups in total. The van der Waals surface area contributed by atoms with Gasteiger partial charge in [0.15, 0.2) is 6.61 Å². The molecule has 0 aliphatic rings. The van der Waals surface area contributed by atoms with E-state index in [9.17, 15) is 18.0 Å². The van der Waals surface area contributed by atoms with E-state index in [4.69, 9.17) is 10.5 Å². The standard InChI is InChI=1S/C13H17F3N2O2/c1-2-6-18(9-13(14,15)16)12(19)8-20-11-5-3-4-10(17)7-11/h3-5,7H,2,6,8-9,17H2,1H3. The van der Waals surface area contributed by atoms with Crippen molar-refractivity contribution in [3.05, 3.63) is 24.3 Å². The van der Waals surface area contributed by atoms with Crippen LogP contribution >= 0.6 is 0 Å². The number of benzene rings is 1. The number of carbonyl (C=O) groups is 1. The fourth-order valence-corrected chi connectivity index (χ4v) is 1.62. The van der Waals surface area contributed by atoms with Gasteiger partial charge in [0.2, 0.25) is 0 Å². The second-order valence-corrected chi connectivity index (χ2v) is 4.29. The van der Waals surface area contributed by atoms with E-state index in [1.165, 1.54) is 6.07 Å². The molecule has 0 spiro atoms. The van der Waals surface area contributed by atoms with E-state index in [0.717, 1.165) is 4.90 Å². The summed E-state index contributed by atoms with van der Waals surface area (Å²) in [4.78, 5) is 12.5. The smallest absolute Gasteiger partial charge is 0.406 e. The maximum absolute atomic E-state index is 12.4. The van der Waals surface area contributed by atoms with Gasteiger partial charge >= 0.3 is 6.18 Å². The highest BCUT2D eigenvalue weighted by molar-refractivity contribution is 5.77. The second kappa shape index (κ2) is 7.02. The van der Waals surface area contributed by atoms with Crippen LogP contribution in [0, 0.1) is 0 Å². The number of nitrogens with zero attached hydrogens (tertiary/aromatic N) is 1. The van der Waals surface area contributed by atoms with Gasteiger partial charge in [-0.1, -0.05) is 13.0 Å². The summed E-state index contributed by atoms with van der Waals surface area (Å²) in [6, 6.07) is 6.36. The Kier molecular flexibility index (Phi) is 5.66. The van der Waals surface area contributed by atoms with Gasteiger partial charge in [0, 0.05) is 18.3 Å². The molecule has 0 aliphatic carbocycles. The Hall–Kier alpha value is -1.92. The quantitative estimate of drug-likeness (QED) is 0.819. The first-order valence-electron chi connectivity index (χ1n) is 6.14. The Bertz CT molecular complexity index is 449. The Morgan fingerprint density at radius 2 is 2.10 bits per heavy atom. The summed E-state index contributed by atoms with van der Waals surface area (Å²) in [5, 5.41) is 0. The summed E-state index contributed by atoms with van der Waals surface area (Å²) in [6.45, 7) is 0.0353. The molecule has 1 aromatic carbocycles. The van der Waals surface area contributed by atoms with E-state index in [1.54, 1.807) is 25.1 Å². The summed E-state index contributed by atoms with van der Waals surface area (Å²) in [5.41, 5.74) is 5.99. The van der Waals surface area contributed by atoms with Gasteiger partial charge in [-0.15, -0.1) is 0 Å². The third-order valence-corrected chi connectivity index (χ3v) is 2.44. The normalized spacial score (nSPS) is 11.2. The molecule has 0 unspecified atom stereocenters. The molecule has 1 aromatic rings. The zero-order chi connectivity index (χ0) is 15.2. The fraction of sp³-hybridized carbons (Fsp3) is 0.462. The number of carbonyl (C=O) groups excluding carboxylic acids is 1. The molecule has 0 fully saturated rings. The molecule has 4 nitrogen and oxygen atoms in total. The van der Waals surface area contributed by atoms with Crippen molar-refractivity contribution in [1.82, 2.24) is 4.90 Å². The first kappa shape index (κ1) is 16.1. The number of hydrogen-bond acceptors (Lipinski definition) is 3. The van der Waals surface area contributed by atoms with Crippen molar-refractivity contribution in [2.45, 2.75) is 19.5 Å². The van der Waals surface area contributed by atoms with Crippen molar-refractivity contribution in [3.8, 4) is 5.75 Å². The molecule has 0 radical (unpaired) electrons. The molecule has 0 saturated carbocycles. The topological polar surface area (TPSA) is 55.6 Å². The van der Waals surface area contributed by atoms with Gasteiger partial charge in [-0.2, -0.15) is 13.2 Å². The van der Waals surface area contributed by atoms with E-state index < -0.39 is 25.2 Å². The second-order valence-electron chi connectivity index (χ2n) is 4.29. The predicted octanol–water partition coefficient (Wildman–Crippen LogP) is 2.45. The fourth-order valence-electron chi connectivity index (χ4n) is 1.62. The lowest BCUT2D eigenvalue weighted by Crippen LogP contribution is -2.41. The summed E-state index contributed by atoms with van der Waals surface area (Å²) < 4.78 is 42.2. The number of nitrogen functional groups attached to an aromatic ring is 1. The van der Waals surface area contributed by atoms with Crippen LogP contribution in [0.5, 0.6) is 5.75 Å². The molecular formula is C13H17F3N2O2. The van der Waals surface area contributed by atoms with Crippen LogP contribution in [0.3, 0.4) is 0 Å². The van der Waals surface area contributed by atoms with Gasteiger partial charge in [-0.25, -0.2) is 0 Å². The van der Waals surface area contributed by atoms with Crippen LogP contribution in [-0.4, -0.2) is 36.7 Å². The molecule has 0 aliphatic heterocycles. The summed E-state index contributed by atoms with van der Waals surface area (Å²) >= 11 is 0. The maximum Gasteiger partial charge on any atom is 0.406 e. The third-order valence-electron chi connectivity index (χ3n) is 2.44. The van der Waals surface area contributed by atoms with Gasteiger partial charge in [0.05, 0.1) is 0 Å². The molecular weight excluding hydrogens is 273 g/mol. The zero-order valence-electron chi connectivity index (χ0n) is 11.1. The van der Waals surface area contributed by atoms with Crippen molar-refractivity contribution in [3.63, 3.8) is 0 Å². The Morgan fingerprint density at radius 1 is 1.40 bits per heavy atom. The number of nitrogens with two attached hydrogens (primary N) is 1. The Balaban J connectivity index is 2.58. The van der Waals surface area contributed by atoms with E-state index in [2.05, 4.69) is 0 Å². The van der Waals surface area contributed by atoms with Crippen LogP contribution in [0.25, 0.3) is 0 Å². The molecule has 1 amide bonds. The third kappa shape index (κ3) is 5.81. The molecule has 1 rings (SSSR count). The minimum atomic E-state index is -4.41. The highest BCUT2D eigenvalue weighted by Crippen LogP contribution is 2.18. The number of alkyl halides is 3. The minimum absolute atomic E-state index is 0.0403. The lowest BCUT2D eigenvalue weighted by molar-refractivity contribution is -0.162. The van der Waals surface area contributed by atoms with Gasteiger partial charge in [-0.3, -0.25) is 4.79 Å². The average molecular weight is 290 g/mol. The molecule has 112 valence electrons. The largest absolute Gasteiger partial charge is 0.484 e. The van der Waals surface area contributed by atoms with E-state index in [0.29, 0.717) is 17.9 Å². The lowest BCUT2D eigenvalue weighted by Gasteiger charge is -2.23. The van der Waals surface area contributed by atoms with Crippen LogP contribution in [0.2, 0.25) is 0 Å². The molecule has 0 bridgehead atoms. The number of hydrogen-bond donors (Lipinski definition) is 1. The first-order chi connectivity index (χ1) is 9.31. The highest BCUT2D eigenvalue weighted by Gasteiger charge is 2.32. The molecule has 20 heavy (non-hydrogen) atoms. The number of anilines is 1. The van der Waals surface area contributed by atoms with Crippen molar-refractivity contribution < 1.29 is 22.7 Å². The SMILES string of the molecule is CCCN(CC(F)(F)F)C(=O)COc1cccc(N)c1.